The maximum Gasteiger partial charge on any atom is 0.349 e. The van der Waals surface area contributed by atoms with E-state index in [-0.39, 0.29) is 11.5 Å². The highest BCUT2D eigenvalue weighted by molar-refractivity contribution is 7.14. The topological polar surface area (TPSA) is 72.3 Å². The molecule has 0 aliphatic rings. The van der Waals surface area contributed by atoms with Crippen molar-refractivity contribution in [1.82, 2.24) is 9.97 Å². The van der Waals surface area contributed by atoms with Crippen molar-refractivity contribution in [1.29, 1.82) is 0 Å². The van der Waals surface area contributed by atoms with Crippen LogP contribution in [0.5, 0.6) is 5.75 Å². The summed E-state index contributed by atoms with van der Waals surface area (Å²) < 4.78 is 5.52. The van der Waals surface area contributed by atoms with Crippen LogP contribution in [0.4, 0.5) is 0 Å². The van der Waals surface area contributed by atoms with E-state index in [1.807, 2.05) is 0 Å². The summed E-state index contributed by atoms with van der Waals surface area (Å²) in [6, 6.07) is 3.51. The number of aromatic nitrogens is 2. The minimum absolute atomic E-state index is 0.170. The Hall–Kier alpha value is -1.95. The number of rotatable bonds is 6. The lowest BCUT2D eigenvalue weighted by Crippen LogP contribution is -2.02. The van der Waals surface area contributed by atoms with Gasteiger partial charge in [-0.15, -0.1) is 11.3 Å². The molecule has 0 spiro atoms. The van der Waals surface area contributed by atoms with Gasteiger partial charge in [-0.3, -0.25) is 0 Å². The quantitative estimate of drug-likeness (QED) is 0.879. The van der Waals surface area contributed by atoms with E-state index in [0.717, 1.165) is 17.7 Å². The summed E-state index contributed by atoms with van der Waals surface area (Å²) in [5.74, 6) is -0.0354. The second-order valence-corrected chi connectivity index (χ2v) is 5.05. The average Bonchev–Trinajstić information content (AvgIpc) is 2.81. The third kappa shape index (κ3) is 3.51. The molecule has 0 aliphatic heterocycles. The first kappa shape index (κ1) is 13.5. The van der Waals surface area contributed by atoms with Gasteiger partial charge in [-0.25, -0.2) is 14.8 Å². The van der Waals surface area contributed by atoms with Crippen molar-refractivity contribution in [3.63, 3.8) is 0 Å². The van der Waals surface area contributed by atoms with Crippen molar-refractivity contribution in [2.45, 2.75) is 26.4 Å². The van der Waals surface area contributed by atoms with Crippen LogP contribution in [0.25, 0.3) is 0 Å². The second-order valence-electron chi connectivity index (χ2n) is 3.91. The number of hydrogen-bond donors (Lipinski definition) is 1. The van der Waals surface area contributed by atoms with E-state index < -0.39 is 5.97 Å². The van der Waals surface area contributed by atoms with Gasteiger partial charge in [0.2, 0.25) is 0 Å². The summed E-state index contributed by atoms with van der Waals surface area (Å²) in [4.78, 5) is 20.5. The molecule has 0 aliphatic carbocycles. The summed E-state index contributed by atoms with van der Waals surface area (Å²) in [6.07, 6.45) is 5.08. The molecule has 0 atom stereocenters. The van der Waals surface area contributed by atoms with Crippen LogP contribution in [0.2, 0.25) is 0 Å². The molecule has 0 aromatic carbocycles. The number of aromatic carboxylic acids is 1. The highest BCUT2D eigenvalue weighted by Gasteiger charge is 2.16. The lowest BCUT2D eigenvalue weighted by molar-refractivity contribution is 0.0697. The van der Waals surface area contributed by atoms with Crippen molar-refractivity contribution in [2.24, 2.45) is 0 Å². The van der Waals surface area contributed by atoms with Gasteiger partial charge in [-0.2, -0.15) is 0 Å². The van der Waals surface area contributed by atoms with Gasteiger partial charge in [-0.05, 0) is 18.6 Å². The van der Waals surface area contributed by atoms with Gasteiger partial charge < -0.3 is 9.84 Å². The summed E-state index contributed by atoms with van der Waals surface area (Å²) in [6.45, 7) is 2.22. The van der Waals surface area contributed by atoms with Gasteiger partial charge >= 0.3 is 5.97 Å². The van der Waals surface area contributed by atoms with Gasteiger partial charge in [0.15, 0.2) is 10.7 Å². The van der Waals surface area contributed by atoms with Crippen molar-refractivity contribution >= 4 is 17.3 Å². The highest BCUT2D eigenvalue weighted by atomic mass is 32.1. The van der Waals surface area contributed by atoms with Crippen LogP contribution >= 0.6 is 11.3 Å². The fourth-order valence-corrected chi connectivity index (χ4v) is 2.64. The number of carbonyl (C=O) groups is 1. The Kier molecular flexibility index (Phi) is 4.46. The molecule has 2 aromatic rings. The lowest BCUT2D eigenvalue weighted by Gasteiger charge is -2.03. The average molecular weight is 278 g/mol. The zero-order chi connectivity index (χ0) is 13.7. The van der Waals surface area contributed by atoms with Crippen molar-refractivity contribution in [2.75, 3.05) is 0 Å². The van der Waals surface area contributed by atoms with Crippen molar-refractivity contribution in [3.05, 3.63) is 40.1 Å². The minimum Gasteiger partial charge on any atom is -0.484 e. The van der Waals surface area contributed by atoms with Crippen LogP contribution in [-0.4, -0.2) is 21.0 Å². The maximum atomic E-state index is 11.1. The second kappa shape index (κ2) is 6.29. The molecular formula is C13H14N2O3S. The zero-order valence-electron chi connectivity index (χ0n) is 10.5. The van der Waals surface area contributed by atoms with Gasteiger partial charge in [0.1, 0.15) is 12.4 Å². The summed E-state index contributed by atoms with van der Waals surface area (Å²) in [7, 11) is 0. The highest BCUT2D eigenvalue weighted by Crippen LogP contribution is 2.30. The molecule has 5 nitrogen and oxygen atoms in total. The first-order valence-electron chi connectivity index (χ1n) is 5.95. The number of ether oxygens (including phenoxy) is 1. The molecular weight excluding hydrogens is 264 g/mol. The number of carboxylic acid groups (broad SMARTS) is 1. The van der Waals surface area contributed by atoms with E-state index in [4.69, 9.17) is 9.84 Å². The molecule has 0 radical (unpaired) electrons. The molecule has 100 valence electrons. The Morgan fingerprint density at radius 1 is 1.42 bits per heavy atom. The molecule has 0 fully saturated rings. The molecule has 19 heavy (non-hydrogen) atoms. The van der Waals surface area contributed by atoms with E-state index in [1.54, 1.807) is 24.5 Å². The summed E-state index contributed by atoms with van der Waals surface area (Å²) in [5.41, 5.74) is 0. The largest absolute Gasteiger partial charge is 0.484 e. The molecule has 0 saturated carbocycles. The van der Waals surface area contributed by atoms with Gasteiger partial charge in [0.05, 0.1) is 0 Å². The van der Waals surface area contributed by atoms with Crippen molar-refractivity contribution < 1.29 is 14.6 Å². The summed E-state index contributed by atoms with van der Waals surface area (Å²) >= 11 is 1.26. The monoisotopic (exact) mass is 278 g/mol. The van der Waals surface area contributed by atoms with Crippen LogP contribution in [0.15, 0.2) is 24.5 Å². The standard InChI is InChI=1S/C13H14N2O3S/c1-2-4-9-7-10(12(19-9)13(16)17)18-8-11-14-5-3-6-15-11/h3,5-7H,2,4,8H2,1H3,(H,16,17). The van der Waals surface area contributed by atoms with E-state index in [9.17, 15) is 4.79 Å². The molecule has 6 heteroatoms. The zero-order valence-corrected chi connectivity index (χ0v) is 11.3. The van der Waals surface area contributed by atoms with Crippen LogP contribution in [-0.2, 0) is 13.0 Å². The Morgan fingerprint density at radius 2 is 2.16 bits per heavy atom. The number of aryl methyl sites for hydroxylation is 1. The van der Waals surface area contributed by atoms with E-state index in [2.05, 4.69) is 16.9 Å². The van der Waals surface area contributed by atoms with Crippen LogP contribution in [0.1, 0.15) is 33.7 Å². The van der Waals surface area contributed by atoms with E-state index in [1.165, 1.54) is 11.3 Å². The fraction of sp³-hybridized carbons (Fsp3) is 0.308. The maximum absolute atomic E-state index is 11.1. The predicted molar refractivity (Wildman–Crippen MR) is 71.6 cm³/mol. The Morgan fingerprint density at radius 3 is 2.79 bits per heavy atom. The Bertz CT molecular complexity index is 554. The molecule has 2 rings (SSSR count). The predicted octanol–water partition coefficient (Wildman–Crippen LogP) is 2.77. The molecule has 2 aromatic heterocycles. The molecule has 1 N–H and O–H groups in total. The van der Waals surface area contributed by atoms with Gasteiger partial charge in [0.25, 0.3) is 0 Å². The normalized spacial score (nSPS) is 10.4. The molecule has 0 saturated heterocycles. The number of hydrogen-bond acceptors (Lipinski definition) is 5. The minimum atomic E-state index is -0.962. The van der Waals surface area contributed by atoms with E-state index >= 15 is 0 Å². The van der Waals surface area contributed by atoms with Crippen LogP contribution < -0.4 is 4.74 Å². The smallest absolute Gasteiger partial charge is 0.349 e. The van der Waals surface area contributed by atoms with Crippen LogP contribution in [0, 0.1) is 0 Å². The molecule has 2 heterocycles. The lowest BCUT2D eigenvalue weighted by atomic mass is 10.3. The third-order valence-electron chi connectivity index (χ3n) is 2.42. The number of carboxylic acids is 1. The molecule has 0 bridgehead atoms. The van der Waals surface area contributed by atoms with Crippen LogP contribution in [0.3, 0.4) is 0 Å². The number of nitrogens with zero attached hydrogens (tertiary/aromatic N) is 2. The van der Waals surface area contributed by atoms with Gasteiger partial charge in [0, 0.05) is 17.3 Å². The molecule has 0 amide bonds. The SMILES string of the molecule is CCCc1cc(OCc2ncccn2)c(C(=O)O)s1. The third-order valence-corrected chi connectivity index (χ3v) is 3.58. The van der Waals surface area contributed by atoms with Crippen molar-refractivity contribution in [3.8, 4) is 5.75 Å². The van der Waals surface area contributed by atoms with Gasteiger partial charge in [-0.1, -0.05) is 13.3 Å². The Labute approximate surface area is 114 Å². The first-order chi connectivity index (χ1) is 9.20. The first-order valence-corrected chi connectivity index (χ1v) is 6.77. The number of thiophene rings is 1. The fourth-order valence-electron chi connectivity index (χ4n) is 1.60. The summed E-state index contributed by atoms with van der Waals surface area (Å²) in [5, 5.41) is 9.14. The molecule has 0 unspecified atom stereocenters. The van der Waals surface area contributed by atoms with E-state index in [0.29, 0.717) is 11.6 Å². The Balaban J connectivity index is 2.12.